The maximum Gasteiger partial charge on any atom is 0.225 e. The lowest BCUT2D eigenvalue weighted by molar-refractivity contribution is -0.133. The Hall–Kier alpha value is -3.58. The van der Waals surface area contributed by atoms with Crippen LogP contribution in [0, 0.1) is 11.8 Å². The van der Waals surface area contributed by atoms with Crippen molar-refractivity contribution >= 4 is 17.6 Å². The van der Waals surface area contributed by atoms with E-state index in [1.54, 1.807) is 0 Å². The number of hydrogen-bond acceptors (Lipinski definition) is 5. The summed E-state index contributed by atoms with van der Waals surface area (Å²) in [7, 11) is 1.95. The number of amides is 2. The lowest BCUT2D eigenvalue weighted by Gasteiger charge is -2.34. The highest BCUT2D eigenvalue weighted by atomic mass is 16.2. The van der Waals surface area contributed by atoms with Gasteiger partial charge in [-0.15, -0.1) is 10.2 Å². The van der Waals surface area contributed by atoms with Crippen LogP contribution in [-0.2, 0) is 15.1 Å². The van der Waals surface area contributed by atoms with Crippen molar-refractivity contribution in [1.29, 1.82) is 0 Å². The molecule has 2 aromatic carbocycles. The molecule has 0 saturated heterocycles. The average Bonchev–Trinajstić information content (AvgIpc) is 3.77. The van der Waals surface area contributed by atoms with Crippen LogP contribution in [-0.4, -0.2) is 40.0 Å². The Morgan fingerprint density at radius 1 is 0.875 bits per heavy atom. The smallest absolute Gasteiger partial charge is 0.225 e. The number of hydrogen-bond donors (Lipinski definition) is 2. The number of nitrogens with zero attached hydrogens (tertiary/aromatic N) is 3. The summed E-state index contributed by atoms with van der Waals surface area (Å²) in [6.07, 6.45) is 7.36. The van der Waals surface area contributed by atoms with Crippen LogP contribution in [0.3, 0.4) is 0 Å². The zero-order valence-corrected chi connectivity index (χ0v) is 23.9. The Balaban J connectivity index is 1.24. The van der Waals surface area contributed by atoms with Crippen molar-refractivity contribution in [2.45, 2.75) is 76.8 Å². The van der Waals surface area contributed by atoms with Crippen molar-refractivity contribution in [2.24, 2.45) is 17.6 Å². The Morgan fingerprint density at radius 2 is 1.50 bits per heavy atom. The van der Waals surface area contributed by atoms with Crippen LogP contribution < -0.4 is 11.1 Å². The predicted octanol–water partition coefficient (Wildman–Crippen LogP) is 6.15. The monoisotopic (exact) mass is 539 g/mol. The van der Waals surface area contributed by atoms with E-state index in [9.17, 15) is 9.59 Å². The van der Waals surface area contributed by atoms with Gasteiger partial charge in [-0.2, -0.15) is 0 Å². The second-order valence-electron chi connectivity index (χ2n) is 12.2. The molecule has 2 fully saturated rings. The average molecular weight is 540 g/mol. The van der Waals surface area contributed by atoms with Crippen molar-refractivity contribution in [2.75, 3.05) is 12.4 Å². The minimum atomic E-state index is -0.427. The molecule has 210 valence electrons. The van der Waals surface area contributed by atoms with Gasteiger partial charge in [-0.1, -0.05) is 54.6 Å². The van der Waals surface area contributed by atoms with E-state index in [2.05, 4.69) is 15.5 Å². The van der Waals surface area contributed by atoms with Gasteiger partial charge in [-0.25, -0.2) is 0 Å². The molecule has 3 aromatic rings. The molecule has 0 aliphatic heterocycles. The van der Waals surface area contributed by atoms with Gasteiger partial charge in [0.25, 0.3) is 0 Å². The van der Waals surface area contributed by atoms with Gasteiger partial charge in [0.2, 0.25) is 11.8 Å². The van der Waals surface area contributed by atoms with E-state index < -0.39 is 5.54 Å². The summed E-state index contributed by atoms with van der Waals surface area (Å²) in [4.78, 5) is 27.5. The quantitative estimate of drug-likeness (QED) is 0.340. The van der Waals surface area contributed by atoms with Crippen LogP contribution in [0.1, 0.15) is 70.8 Å². The molecule has 1 heterocycles. The summed E-state index contributed by atoms with van der Waals surface area (Å²) in [6.45, 7) is 3.96. The standard InChI is InChI=1S/C33H41N5O2/c1-33(2,34)26-15-13-25(14-16-26)32-28(24-7-5-4-6-8-24)21-29(36-37-32)35-30(39)19-22-11-17-27(18-12-22)38(3)31(40)20-23-9-10-23/h4-8,13-16,21-23,27H,9-12,17-20,34H2,1-3H3,(H,35,36,39). The molecule has 2 amide bonds. The molecule has 2 aliphatic carbocycles. The van der Waals surface area contributed by atoms with Crippen LogP contribution in [0.25, 0.3) is 22.4 Å². The first-order chi connectivity index (χ1) is 19.2. The molecule has 40 heavy (non-hydrogen) atoms. The number of benzene rings is 2. The molecule has 0 radical (unpaired) electrons. The molecular weight excluding hydrogens is 498 g/mol. The molecule has 0 bridgehead atoms. The van der Waals surface area contributed by atoms with Crippen molar-refractivity contribution in [3.8, 4) is 22.4 Å². The van der Waals surface area contributed by atoms with E-state index in [0.29, 0.717) is 36.5 Å². The Bertz CT molecular complexity index is 1320. The van der Waals surface area contributed by atoms with Gasteiger partial charge in [-0.05, 0) is 81.4 Å². The van der Waals surface area contributed by atoms with Gasteiger partial charge >= 0.3 is 0 Å². The first-order valence-electron chi connectivity index (χ1n) is 14.6. The molecule has 0 unspecified atom stereocenters. The second-order valence-corrected chi connectivity index (χ2v) is 12.2. The summed E-state index contributed by atoms with van der Waals surface area (Å²) in [5.74, 6) is 1.61. The van der Waals surface area contributed by atoms with Crippen LogP contribution >= 0.6 is 0 Å². The minimum absolute atomic E-state index is 0.0443. The van der Waals surface area contributed by atoms with E-state index in [1.165, 1.54) is 12.8 Å². The van der Waals surface area contributed by atoms with Crippen molar-refractivity contribution < 1.29 is 9.59 Å². The first kappa shape index (κ1) is 28.0. The normalized spacial score (nSPS) is 19.2. The molecule has 0 atom stereocenters. The summed E-state index contributed by atoms with van der Waals surface area (Å²) in [6, 6.07) is 20.3. The SMILES string of the molecule is CN(C(=O)CC1CC1)C1CCC(CC(=O)Nc2cc(-c3ccccc3)c(-c3ccc(C(C)(C)N)cc3)nn2)CC1. The Labute approximate surface area is 237 Å². The number of rotatable bonds is 9. The van der Waals surface area contributed by atoms with E-state index in [4.69, 9.17) is 5.73 Å². The largest absolute Gasteiger partial charge is 0.343 e. The third-order valence-corrected chi connectivity index (χ3v) is 8.44. The Kier molecular flexibility index (Phi) is 8.31. The van der Waals surface area contributed by atoms with Crippen molar-refractivity contribution in [1.82, 2.24) is 15.1 Å². The van der Waals surface area contributed by atoms with Crippen LogP contribution in [0.4, 0.5) is 5.82 Å². The molecule has 0 spiro atoms. The van der Waals surface area contributed by atoms with Gasteiger partial charge in [0.05, 0.1) is 0 Å². The maximum absolute atomic E-state index is 13.0. The Morgan fingerprint density at radius 3 is 2.12 bits per heavy atom. The summed E-state index contributed by atoms with van der Waals surface area (Å²) in [5.41, 5.74) is 10.5. The molecule has 1 aromatic heterocycles. The number of carbonyl (C=O) groups is 2. The number of nitrogens with one attached hydrogen (secondary N) is 1. The van der Waals surface area contributed by atoms with E-state index in [-0.39, 0.29) is 11.8 Å². The third-order valence-electron chi connectivity index (χ3n) is 8.44. The fourth-order valence-corrected chi connectivity index (χ4v) is 5.67. The molecule has 7 nitrogen and oxygen atoms in total. The zero-order chi connectivity index (χ0) is 28.3. The van der Waals surface area contributed by atoms with Crippen molar-refractivity contribution in [3.05, 3.63) is 66.2 Å². The minimum Gasteiger partial charge on any atom is -0.343 e. The fraction of sp³-hybridized carbons (Fsp3) is 0.455. The van der Waals surface area contributed by atoms with E-state index >= 15 is 0 Å². The van der Waals surface area contributed by atoms with Gasteiger partial charge in [0, 0.05) is 42.6 Å². The molecule has 2 saturated carbocycles. The third kappa shape index (κ3) is 6.94. The van der Waals surface area contributed by atoms with E-state index in [0.717, 1.165) is 53.6 Å². The molecule has 3 N–H and O–H groups in total. The van der Waals surface area contributed by atoms with Crippen LogP contribution in [0.5, 0.6) is 0 Å². The number of carbonyl (C=O) groups excluding carboxylic acids is 2. The number of anilines is 1. The maximum atomic E-state index is 13.0. The number of aromatic nitrogens is 2. The van der Waals surface area contributed by atoms with Crippen LogP contribution in [0.15, 0.2) is 60.7 Å². The van der Waals surface area contributed by atoms with Gasteiger partial charge in [-0.3, -0.25) is 9.59 Å². The first-order valence-corrected chi connectivity index (χ1v) is 14.6. The highest BCUT2D eigenvalue weighted by Gasteiger charge is 2.31. The fourth-order valence-electron chi connectivity index (χ4n) is 5.67. The van der Waals surface area contributed by atoms with Crippen molar-refractivity contribution in [3.63, 3.8) is 0 Å². The summed E-state index contributed by atoms with van der Waals surface area (Å²) >= 11 is 0. The lowest BCUT2D eigenvalue weighted by Crippen LogP contribution is -2.40. The molecule has 2 aliphatic rings. The van der Waals surface area contributed by atoms with Gasteiger partial charge in [0.1, 0.15) is 5.69 Å². The van der Waals surface area contributed by atoms with Gasteiger partial charge in [0.15, 0.2) is 5.82 Å². The second kappa shape index (κ2) is 11.9. The van der Waals surface area contributed by atoms with E-state index in [1.807, 2.05) is 86.5 Å². The molecule has 7 heteroatoms. The highest BCUT2D eigenvalue weighted by molar-refractivity contribution is 5.91. The number of nitrogens with two attached hydrogens (primary N) is 1. The zero-order valence-electron chi connectivity index (χ0n) is 23.9. The van der Waals surface area contributed by atoms with Gasteiger partial charge < -0.3 is 16.0 Å². The van der Waals surface area contributed by atoms with Crippen LogP contribution in [0.2, 0.25) is 0 Å². The molecule has 5 rings (SSSR count). The lowest BCUT2D eigenvalue weighted by atomic mass is 9.83. The predicted molar refractivity (Wildman–Crippen MR) is 159 cm³/mol. The highest BCUT2D eigenvalue weighted by Crippen LogP contribution is 2.35. The molecular formula is C33H41N5O2. The summed E-state index contributed by atoms with van der Waals surface area (Å²) < 4.78 is 0. The topological polar surface area (TPSA) is 101 Å². The summed E-state index contributed by atoms with van der Waals surface area (Å²) in [5, 5.41) is 11.9.